The first kappa shape index (κ1) is 22.9. The topological polar surface area (TPSA) is 139 Å². The molecule has 0 bridgehead atoms. The highest BCUT2D eigenvalue weighted by atomic mass is 16.6. The number of hydrogen-bond acceptors (Lipinski definition) is 7. The molecule has 30 heavy (non-hydrogen) atoms. The molecule has 2 N–H and O–H groups in total. The summed E-state index contributed by atoms with van der Waals surface area (Å²) in [7, 11) is 0. The lowest BCUT2D eigenvalue weighted by molar-refractivity contribution is -0.163. The number of carbonyl (C=O) groups is 5. The first-order valence-corrected chi connectivity index (χ1v) is 9.25. The number of imide groups is 1. The summed E-state index contributed by atoms with van der Waals surface area (Å²) >= 11 is 0. The van der Waals surface area contributed by atoms with Crippen LogP contribution in [0.15, 0.2) is 30.3 Å². The minimum absolute atomic E-state index is 0.0827. The summed E-state index contributed by atoms with van der Waals surface area (Å²) in [6.45, 7) is 4.72. The predicted octanol–water partition coefficient (Wildman–Crippen LogP) is 1.23. The number of rotatable bonds is 7. The molecular weight excluding hydrogens is 396 g/mol. The highest BCUT2D eigenvalue weighted by Gasteiger charge is 2.43. The van der Waals surface area contributed by atoms with Crippen molar-refractivity contribution in [2.24, 2.45) is 0 Å². The van der Waals surface area contributed by atoms with Gasteiger partial charge in [0.1, 0.15) is 12.6 Å². The van der Waals surface area contributed by atoms with Crippen LogP contribution in [-0.2, 0) is 35.3 Å². The molecule has 0 aliphatic carbocycles. The van der Waals surface area contributed by atoms with Gasteiger partial charge in [0.05, 0.1) is 12.8 Å². The largest absolute Gasteiger partial charge is 0.481 e. The van der Waals surface area contributed by atoms with Crippen LogP contribution in [0, 0.1) is 0 Å². The number of nitrogens with zero attached hydrogens (tertiary/aromatic N) is 1. The van der Waals surface area contributed by atoms with Crippen molar-refractivity contribution in [3.63, 3.8) is 0 Å². The maximum Gasteiger partial charge on any atom is 0.411 e. The van der Waals surface area contributed by atoms with E-state index in [4.69, 9.17) is 9.47 Å². The van der Waals surface area contributed by atoms with E-state index >= 15 is 0 Å². The van der Waals surface area contributed by atoms with E-state index in [9.17, 15) is 29.1 Å². The second-order valence-electron chi connectivity index (χ2n) is 7.74. The molecular formula is C20H24N2O8. The fraction of sp³-hybridized carbons (Fsp3) is 0.450. The minimum atomic E-state index is -1.56. The first-order chi connectivity index (χ1) is 14.0. The van der Waals surface area contributed by atoms with Crippen LogP contribution in [0.25, 0.3) is 0 Å². The molecule has 0 saturated carbocycles. The van der Waals surface area contributed by atoms with Gasteiger partial charge in [-0.25, -0.2) is 9.59 Å². The number of aliphatic carboxylic acids is 1. The van der Waals surface area contributed by atoms with Crippen molar-refractivity contribution >= 4 is 29.8 Å². The van der Waals surface area contributed by atoms with Crippen LogP contribution in [0.2, 0.25) is 0 Å². The molecule has 0 aromatic heterocycles. The van der Waals surface area contributed by atoms with Gasteiger partial charge in [0.25, 0.3) is 5.91 Å². The van der Waals surface area contributed by atoms with Gasteiger partial charge in [-0.1, -0.05) is 30.3 Å². The maximum absolute atomic E-state index is 12.8. The molecule has 2 atom stereocenters. The lowest BCUT2D eigenvalue weighted by Gasteiger charge is -2.39. The number of carboxylic acid groups (broad SMARTS) is 1. The quantitative estimate of drug-likeness (QED) is 0.496. The van der Waals surface area contributed by atoms with Crippen LogP contribution in [0.5, 0.6) is 0 Å². The van der Waals surface area contributed by atoms with Crippen LogP contribution in [0.4, 0.5) is 4.79 Å². The minimum Gasteiger partial charge on any atom is -0.481 e. The van der Waals surface area contributed by atoms with Crippen LogP contribution in [-0.4, -0.2) is 57.5 Å². The van der Waals surface area contributed by atoms with Gasteiger partial charge < -0.3 is 14.6 Å². The van der Waals surface area contributed by atoms with Gasteiger partial charge in [0, 0.05) is 5.54 Å². The number of benzene rings is 1. The van der Waals surface area contributed by atoms with E-state index in [2.05, 4.69) is 0 Å². The van der Waals surface area contributed by atoms with E-state index in [1.54, 1.807) is 51.1 Å². The van der Waals surface area contributed by atoms with Gasteiger partial charge in [-0.05, 0) is 26.3 Å². The Balaban J connectivity index is 2.22. The van der Waals surface area contributed by atoms with Gasteiger partial charge in [0.15, 0.2) is 6.10 Å². The smallest absolute Gasteiger partial charge is 0.411 e. The van der Waals surface area contributed by atoms with Gasteiger partial charge in [-0.2, -0.15) is 0 Å². The van der Waals surface area contributed by atoms with Crippen LogP contribution >= 0.6 is 0 Å². The monoisotopic (exact) mass is 420 g/mol. The zero-order valence-electron chi connectivity index (χ0n) is 16.9. The van der Waals surface area contributed by atoms with Gasteiger partial charge >= 0.3 is 18.0 Å². The molecule has 10 nitrogen and oxygen atoms in total. The summed E-state index contributed by atoms with van der Waals surface area (Å²) in [5.41, 5.74) is -0.307. The Morgan fingerprint density at radius 2 is 1.83 bits per heavy atom. The maximum atomic E-state index is 12.8. The van der Waals surface area contributed by atoms with Gasteiger partial charge in [-0.3, -0.25) is 24.6 Å². The number of esters is 1. The van der Waals surface area contributed by atoms with Crippen LogP contribution in [0.3, 0.4) is 0 Å². The first-order valence-electron chi connectivity index (χ1n) is 9.25. The predicted molar refractivity (Wildman–Crippen MR) is 102 cm³/mol. The molecule has 1 heterocycles. The Morgan fingerprint density at radius 1 is 1.20 bits per heavy atom. The lowest BCUT2D eigenvalue weighted by atomic mass is 10.0. The summed E-state index contributed by atoms with van der Waals surface area (Å²) in [4.78, 5) is 60.9. The molecule has 2 rings (SSSR count). The average molecular weight is 420 g/mol. The second kappa shape index (κ2) is 9.38. The summed E-state index contributed by atoms with van der Waals surface area (Å²) in [6, 6.07) is 7.26. The fourth-order valence-corrected chi connectivity index (χ4v) is 2.95. The van der Waals surface area contributed by atoms with Crippen molar-refractivity contribution in [3.05, 3.63) is 35.9 Å². The number of nitrogens with one attached hydrogen (secondary N) is 1. The molecule has 3 amide bonds. The third kappa shape index (κ3) is 6.03. The zero-order chi connectivity index (χ0) is 22.5. The van der Waals surface area contributed by atoms with E-state index in [0.717, 1.165) is 4.90 Å². The van der Waals surface area contributed by atoms with Crippen molar-refractivity contribution in [2.75, 3.05) is 0 Å². The summed E-state index contributed by atoms with van der Waals surface area (Å²) in [5, 5.41) is 11.3. The number of carbonyl (C=O) groups excluding carboxylic acids is 4. The lowest BCUT2D eigenvalue weighted by Crippen LogP contribution is -2.56. The molecule has 1 saturated heterocycles. The normalized spacial score (nSPS) is 17.1. The molecule has 0 spiro atoms. The highest BCUT2D eigenvalue weighted by molar-refractivity contribution is 6.05. The Morgan fingerprint density at radius 3 is 2.33 bits per heavy atom. The van der Waals surface area contributed by atoms with E-state index < -0.39 is 54.0 Å². The average Bonchev–Trinajstić information content (AvgIpc) is 2.95. The Labute approximate surface area is 173 Å². The number of ether oxygens (including phenoxy) is 2. The molecule has 1 aromatic rings. The Kier molecular flexibility index (Phi) is 7.14. The molecule has 1 aromatic carbocycles. The molecule has 10 heteroatoms. The zero-order valence-corrected chi connectivity index (χ0v) is 16.9. The number of hydrogen-bond donors (Lipinski definition) is 2. The summed E-state index contributed by atoms with van der Waals surface area (Å²) in [5.74, 6) is -3.87. The van der Waals surface area contributed by atoms with E-state index in [1.165, 1.54) is 0 Å². The summed E-state index contributed by atoms with van der Waals surface area (Å²) in [6.07, 6.45) is -3.41. The standard InChI is InChI=1S/C20H24N2O8/c1-20(2,3)22(19(28)29-11-12-7-5-4-6-8-12)13(9-16(24)25)18(27)30-14-10-15(23)21-17(14)26/h4-8,13-14H,9-11H2,1-3H3,(H,24,25)(H,21,23,26)/t13-,14-/m1/s1. The van der Waals surface area contributed by atoms with Crippen molar-refractivity contribution in [1.82, 2.24) is 10.2 Å². The highest BCUT2D eigenvalue weighted by Crippen LogP contribution is 2.23. The van der Waals surface area contributed by atoms with E-state index in [1.807, 2.05) is 5.32 Å². The third-order valence-electron chi connectivity index (χ3n) is 4.26. The molecule has 162 valence electrons. The number of amides is 3. The Hall–Kier alpha value is -3.43. The third-order valence-corrected chi connectivity index (χ3v) is 4.26. The molecule has 1 aliphatic heterocycles. The van der Waals surface area contributed by atoms with Crippen LogP contribution in [0.1, 0.15) is 39.2 Å². The molecule has 1 aliphatic rings. The van der Waals surface area contributed by atoms with Crippen molar-refractivity contribution in [3.8, 4) is 0 Å². The Bertz CT molecular complexity index is 831. The molecule has 0 unspecified atom stereocenters. The van der Waals surface area contributed by atoms with Crippen molar-refractivity contribution in [2.45, 2.75) is 57.9 Å². The fourth-order valence-electron chi connectivity index (χ4n) is 2.95. The van der Waals surface area contributed by atoms with Crippen molar-refractivity contribution < 1.29 is 38.6 Å². The van der Waals surface area contributed by atoms with Gasteiger partial charge in [-0.15, -0.1) is 0 Å². The second-order valence-corrected chi connectivity index (χ2v) is 7.74. The summed E-state index contributed by atoms with van der Waals surface area (Å²) < 4.78 is 10.4. The van der Waals surface area contributed by atoms with E-state index in [0.29, 0.717) is 5.56 Å². The molecule has 1 fully saturated rings. The van der Waals surface area contributed by atoms with Crippen LogP contribution < -0.4 is 5.32 Å². The SMILES string of the molecule is CC(C)(C)N(C(=O)OCc1ccccc1)[C@H](CC(=O)O)C(=O)O[C@@H]1CC(=O)NC1=O. The molecule has 0 radical (unpaired) electrons. The van der Waals surface area contributed by atoms with E-state index in [-0.39, 0.29) is 13.0 Å². The van der Waals surface area contributed by atoms with Gasteiger partial charge in [0.2, 0.25) is 5.91 Å². The van der Waals surface area contributed by atoms with Crippen molar-refractivity contribution in [1.29, 1.82) is 0 Å². The number of carboxylic acids is 1.